The second-order valence-electron chi connectivity index (χ2n) is 6.80. The molecule has 0 atom stereocenters. The predicted molar refractivity (Wildman–Crippen MR) is 119 cm³/mol. The highest BCUT2D eigenvalue weighted by Gasteiger charge is 2.43. The first-order valence-corrected chi connectivity index (χ1v) is 13.5. The second kappa shape index (κ2) is 9.91. The number of nitriles is 1. The van der Waals surface area contributed by atoms with Crippen LogP contribution in [-0.2, 0) is 20.8 Å². The van der Waals surface area contributed by atoms with E-state index in [2.05, 4.69) is 5.32 Å². The molecule has 0 saturated heterocycles. The molecule has 0 aliphatic carbocycles. The number of fused-ring (bicyclic) bond motifs is 1. The normalized spacial score (nSPS) is 12.5. The van der Waals surface area contributed by atoms with Crippen molar-refractivity contribution in [1.29, 1.82) is 5.26 Å². The fourth-order valence-corrected chi connectivity index (χ4v) is 6.79. The Morgan fingerprint density at radius 2 is 1.82 bits per heavy atom. The Morgan fingerprint density at radius 3 is 2.41 bits per heavy atom. The van der Waals surface area contributed by atoms with Crippen LogP contribution >= 0.6 is 18.9 Å². The third-order valence-corrected chi connectivity index (χ3v) is 8.21. The standard InChI is InChI=1S/C19H17F3N3O6PS2/c20-19(21,22)17-16-13(10-23)14(31-9-8-24-12-4-2-1-3-5-12)6-7-15(16)33-18(17)34(29,30)25-11-32(26,27)28/h1-7,24-25H,8-9,11H2,(H2,26,27,28). The number of nitrogens with one attached hydrogen (secondary N) is 2. The number of hydrogen-bond acceptors (Lipinski definition) is 7. The lowest BCUT2D eigenvalue weighted by Gasteiger charge is -2.13. The van der Waals surface area contributed by atoms with Gasteiger partial charge in [-0.2, -0.15) is 23.2 Å². The van der Waals surface area contributed by atoms with E-state index < -0.39 is 50.8 Å². The summed E-state index contributed by atoms with van der Waals surface area (Å²) in [6.07, 6.45) is -6.57. The molecule has 0 unspecified atom stereocenters. The van der Waals surface area contributed by atoms with Gasteiger partial charge < -0.3 is 19.8 Å². The Balaban J connectivity index is 1.99. The molecule has 0 bridgehead atoms. The number of alkyl halides is 3. The van der Waals surface area contributed by atoms with E-state index in [0.29, 0.717) is 0 Å². The molecule has 15 heteroatoms. The third kappa shape index (κ3) is 6.06. The molecule has 0 aliphatic heterocycles. The van der Waals surface area contributed by atoms with Crippen LogP contribution in [0.25, 0.3) is 10.1 Å². The van der Waals surface area contributed by atoms with Gasteiger partial charge in [0.1, 0.15) is 34.5 Å². The molecule has 1 heterocycles. The summed E-state index contributed by atoms with van der Waals surface area (Å²) in [6, 6.07) is 13.1. The molecule has 0 amide bonds. The predicted octanol–water partition coefficient (Wildman–Crippen LogP) is 3.70. The van der Waals surface area contributed by atoms with Crippen LogP contribution in [0.5, 0.6) is 5.75 Å². The summed E-state index contributed by atoms with van der Waals surface area (Å²) in [7, 11) is -9.84. The van der Waals surface area contributed by atoms with Gasteiger partial charge in [0.05, 0.1) is 5.56 Å². The zero-order valence-corrected chi connectivity index (χ0v) is 19.6. The quantitative estimate of drug-likeness (QED) is 0.239. The first-order chi connectivity index (χ1) is 15.8. The van der Waals surface area contributed by atoms with Crippen molar-refractivity contribution >= 4 is 44.7 Å². The van der Waals surface area contributed by atoms with Crippen molar-refractivity contribution in [2.45, 2.75) is 10.4 Å². The van der Waals surface area contributed by atoms with Crippen LogP contribution in [0.1, 0.15) is 11.1 Å². The third-order valence-electron chi connectivity index (χ3n) is 4.35. The van der Waals surface area contributed by atoms with Crippen LogP contribution in [-0.4, -0.2) is 37.6 Å². The maximum Gasteiger partial charge on any atom is 0.419 e. The number of thiophene rings is 1. The molecule has 0 aliphatic rings. The fraction of sp³-hybridized carbons (Fsp3) is 0.211. The minimum absolute atomic E-state index is 0.00440. The summed E-state index contributed by atoms with van der Waals surface area (Å²) in [6.45, 7) is 0.268. The molecule has 4 N–H and O–H groups in total. The molecule has 9 nitrogen and oxygen atoms in total. The molecule has 0 saturated carbocycles. The minimum atomic E-state index is -5.19. The molecule has 0 fully saturated rings. The Hall–Kier alpha value is -2.66. The van der Waals surface area contributed by atoms with E-state index in [1.54, 1.807) is 30.3 Å². The molecule has 3 rings (SSSR count). The van der Waals surface area contributed by atoms with Gasteiger partial charge in [-0.3, -0.25) is 4.57 Å². The Bertz CT molecular complexity index is 1380. The number of anilines is 1. The van der Waals surface area contributed by atoms with Crippen LogP contribution in [0.2, 0.25) is 0 Å². The largest absolute Gasteiger partial charge is 0.490 e. The van der Waals surface area contributed by atoms with Gasteiger partial charge in [0.2, 0.25) is 0 Å². The van der Waals surface area contributed by atoms with Gasteiger partial charge in [-0.15, -0.1) is 11.3 Å². The summed E-state index contributed by atoms with van der Waals surface area (Å²) in [4.78, 5) is 17.8. The van der Waals surface area contributed by atoms with Crippen LogP contribution in [0.4, 0.5) is 18.9 Å². The van der Waals surface area contributed by atoms with Crippen LogP contribution in [0, 0.1) is 11.3 Å². The van der Waals surface area contributed by atoms with Crippen molar-refractivity contribution in [1.82, 2.24) is 4.72 Å². The van der Waals surface area contributed by atoms with Crippen LogP contribution < -0.4 is 14.8 Å². The van der Waals surface area contributed by atoms with Crippen molar-refractivity contribution in [3.8, 4) is 11.8 Å². The summed E-state index contributed by atoms with van der Waals surface area (Å²) in [5.74, 6) is -0.166. The molecule has 3 aromatic rings. The van der Waals surface area contributed by atoms with E-state index in [1.165, 1.54) is 16.9 Å². The lowest BCUT2D eigenvalue weighted by molar-refractivity contribution is -0.138. The maximum absolute atomic E-state index is 14.0. The van der Waals surface area contributed by atoms with Gasteiger partial charge in [-0.25, -0.2) is 8.42 Å². The summed E-state index contributed by atoms with van der Waals surface area (Å²) >= 11 is 0.230. The van der Waals surface area contributed by atoms with Crippen LogP contribution in [0.3, 0.4) is 0 Å². The smallest absolute Gasteiger partial charge is 0.419 e. The summed E-state index contributed by atoms with van der Waals surface area (Å²) < 4.78 is 83.5. The highest BCUT2D eigenvalue weighted by Crippen LogP contribution is 2.47. The highest BCUT2D eigenvalue weighted by molar-refractivity contribution is 7.92. The Labute approximate surface area is 196 Å². The molecule has 0 spiro atoms. The van der Waals surface area contributed by atoms with E-state index in [0.717, 1.165) is 5.69 Å². The van der Waals surface area contributed by atoms with Gasteiger partial charge in [0.15, 0.2) is 0 Å². The number of halogens is 3. The van der Waals surface area contributed by atoms with Gasteiger partial charge in [0, 0.05) is 22.3 Å². The number of para-hydroxylation sites is 1. The number of sulfonamides is 1. The van der Waals surface area contributed by atoms with E-state index >= 15 is 0 Å². The fourth-order valence-electron chi connectivity index (χ4n) is 2.98. The van der Waals surface area contributed by atoms with Crippen molar-refractivity contribution < 1.29 is 40.7 Å². The Morgan fingerprint density at radius 1 is 1.15 bits per heavy atom. The van der Waals surface area contributed by atoms with Crippen molar-refractivity contribution in [3.63, 3.8) is 0 Å². The zero-order chi connectivity index (χ0) is 25.1. The van der Waals surface area contributed by atoms with Gasteiger partial charge >= 0.3 is 13.8 Å². The number of rotatable bonds is 9. The SMILES string of the molecule is N#Cc1c(OCCNc2ccccc2)ccc2sc(S(=O)(=O)NCP(=O)(O)O)c(C(F)(F)F)c12. The number of hydrogen-bond donors (Lipinski definition) is 4. The minimum Gasteiger partial charge on any atom is -0.490 e. The Kier molecular flexibility index (Phi) is 7.56. The van der Waals surface area contributed by atoms with E-state index in [4.69, 9.17) is 14.5 Å². The van der Waals surface area contributed by atoms with Gasteiger partial charge in [-0.05, 0) is 24.3 Å². The maximum atomic E-state index is 14.0. The number of nitrogens with zero attached hydrogens (tertiary/aromatic N) is 1. The average Bonchev–Trinajstić information content (AvgIpc) is 3.17. The molecule has 0 radical (unpaired) electrons. The highest BCUT2D eigenvalue weighted by atomic mass is 32.2. The van der Waals surface area contributed by atoms with Crippen LogP contribution in [0.15, 0.2) is 46.7 Å². The van der Waals surface area contributed by atoms with Crippen molar-refractivity contribution in [2.24, 2.45) is 0 Å². The van der Waals surface area contributed by atoms with Crippen molar-refractivity contribution in [3.05, 3.63) is 53.6 Å². The lowest BCUT2D eigenvalue weighted by Crippen LogP contribution is -2.26. The lowest BCUT2D eigenvalue weighted by atomic mass is 10.1. The van der Waals surface area contributed by atoms with E-state index in [1.807, 2.05) is 6.07 Å². The van der Waals surface area contributed by atoms with Gasteiger partial charge in [-0.1, -0.05) is 18.2 Å². The molecule has 1 aromatic heterocycles. The second-order valence-corrected chi connectivity index (χ2v) is 11.5. The molecule has 182 valence electrons. The first-order valence-electron chi connectivity index (χ1n) is 9.36. The zero-order valence-electron chi connectivity index (χ0n) is 17.0. The number of ether oxygens (including phenoxy) is 1. The van der Waals surface area contributed by atoms with E-state index in [9.17, 15) is 31.4 Å². The molecular weight excluding hydrogens is 518 g/mol. The molecule has 34 heavy (non-hydrogen) atoms. The van der Waals surface area contributed by atoms with Gasteiger partial charge in [0.25, 0.3) is 10.0 Å². The molecule has 2 aromatic carbocycles. The summed E-state index contributed by atoms with van der Waals surface area (Å²) in [5, 5.41) is 12.0. The average molecular weight is 535 g/mol. The van der Waals surface area contributed by atoms with Crippen molar-refractivity contribution in [2.75, 3.05) is 24.8 Å². The number of benzene rings is 2. The topological polar surface area (TPSA) is 149 Å². The first kappa shape index (κ1) is 26.0. The van der Waals surface area contributed by atoms with E-state index in [-0.39, 0.29) is 34.9 Å². The summed E-state index contributed by atoms with van der Waals surface area (Å²) in [5.41, 5.74) is -1.32. The monoisotopic (exact) mass is 535 g/mol. The molecular formula is C19H17F3N3O6PS2.